The van der Waals surface area contributed by atoms with Gasteiger partial charge in [0.25, 0.3) is 11.8 Å². The molecule has 2 N–H and O–H groups in total. The van der Waals surface area contributed by atoms with Gasteiger partial charge in [0.1, 0.15) is 5.75 Å². The summed E-state index contributed by atoms with van der Waals surface area (Å²) in [7, 11) is 1.71. The summed E-state index contributed by atoms with van der Waals surface area (Å²) in [6.45, 7) is 0.0379. The highest BCUT2D eigenvalue weighted by atomic mass is 16.5. The van der Waals surface area contributed by atoms with Gasteiger partial charge in [0, 0.05) is 34.9 Å². The number of likely N-dealkylation sites (N-methyl/N-ethyl adjacent to an activating group) is 1. The van der Waals surface area contributed by atoms with E-state index in [0.29, 0.717) is 22.7 Å². The molecule has 1 aliphatic carbocycles. The molecule has 2 aromatic carbocycles. The van der Waals surface area contributed by atoms with Crippen LogP contribution in [-0.4, -0.2) is 30.5 Å². The first-order valence-electron chi connectivity index (χ1n) is 10.1. The minimum atomic E-state index is -0.166. The van der Waals surface area contributed by atoms with E-state index in [1.54, 1.807) is 30.1 Å². The fourth-order valence-electron chi connectivity index (χ4n) is 4.28. The number of ether oxygens (including phenoxy) is 1. The third kappa shape index (κ3) is 3.14. The van der Waals surface area contributed by atoms with E-state index < -0.39 is 0 Å². The van der Waals surface area contributed by atoms with Crippen LogP contribution in [0.5, 0.6) is 5.75 Å². The second kappa shape index (κ2) is 6.95. The number of hydrogen-bond donors (Lipinski definition) is 2. The average Bonchev–Trinajstić information content (AvgIpc) is 2.90. The number of aryl methyl sites for hydroxylation is 2. The molecule has 0 radical (unpaired) electrons. The maximum atomic E-state index is 12.9. The van der Waals surface area contributed by atoms with Crippen LogP contribution in [0.2, 0.25) is 0 Å². The third-order valence-electron chi connectivity index (χ3n) is 5.91. The van der Waals surface area contributed by atoms with E-state index in [0.717, 1.165) is 23.7 Å². The zero-order valence-corrected chi connectivity index (χ0v) is 16.4. The van der Waals surface area contributed by atoms with Crippen molar-refractivity contribution >= 4 is 34.1 Å². The predicted octanol–water partition coefficient (Wildman–Crippen LogP) is 4.04. The van der Waals surface area contributed by atoms with Gasteiger partial charge in [-0.2, -0.15) is 0 Å². The number of amides is 2. The molecule has 0 saturated heterocycles. The van der Waals surface area contributed by atoms with E-state index in [-0.39, 0.29) is 18.4 Å². The Hall–Kier alpha value is -3.28. The summed E-state index contributed by atoms with van der Waals surface area (Å²) in [5.41, 5.74) is 5.69. The normalized spacial score (nSPS) is 16.0. The average molecular weight is 389 g/mol. The lowest BCUT2D eigenvalue weighted by Crippen LogP contribution is -2.35. The molecule has 6 nitrogen and oxygen atoms in total. The second-order valence-corrected chi connectivity index (χ2v) is 7.78. The quantitative estimate of drug-likeness (QED) is 0.650. The Morgan fingerprint density at radius 1 is 1.10 bits per heavy atom. The number of benzene rings is 2. The monoisotopic (exact) mass is 389 g/mol. The van der Waals surface area contributed by atoms with E-state index in [9.17, 15) is 9.59 Å². The second-order valence-electron chi connectivity index (χ2n) is 7.78. The van der Waals surface area contributed by atoms with Crippen molar-refractivity contribution in [3.63, 3.8) is 0 Å². The number of carbonyl (C=O) groups is 2. The molecule has 0 spiro atoms. The van der Waals surface area contributed by atoms with Gasteiger partial charge in [-0.25, -0.2) is 0 Å². The fraction of sp³-hybridized carbons (Fsp3) is 0.304. The molecule has 2 heterocycles. The topological polar surface area (TPSA) is 74.4 Å². The summed E-state index contributed by atoms with van der Waals surface area (Å²) in [4.78, 5) is 29.8. The van der Waals surface area contributed by atoms with Crippen molar-refractivity contribution in [3.8, 4) is 5.75 Å². The number of fused-ring (bicyclic) bond motifs is 4. The van der Waals surface area contributed by atoms with Crippen LogP contribution >= 0.6 is 0 Å². The van der Waals surface area contributed by atoms with Crippen LogP contribution in [0, 0.1) is 0 Å². The lowest BCUT2D eigenvalue weighted by molar-refractivity contribution is -0.120. The molecule has 1 aromatic heterocycles. The lowest BCUT2D eigenvalue weighted by Gasteiger charge is -2.26. The van der Waals surface area contributed by atoms with Crippen molar-refractivity contribution in [1.29, 1.82) is 0 Å². The first-order chi connectivity index (χ1) is 14.1. The summed E-state index contributed by atoms with van der Waals surface area (Å²) in [6.07, 6.45) is 5.80. The van der Waals surface area contributed by atoms with Crippen LogP contribution < -0.4 is 15.0 Å². The summed E-state index contributed by atoms with van der Waals surface area (Å²) in [5, 5.41) is 4.10. The standard InChI is InChI=1S/C23H23N3O3/c1-26-20-12-15(8-10-21(20)29-13-22(26)27)24-23(28)14-7-9-19-17(11-14)16-5-3-2-4-6-18(16)25-19/h7-12,25H,2-6,13H2,1H3,(H,24,28). The Kier molecular flexibility index (Phi) is 4.27. The van der Waals surface area contributed by atoms with Crippen molar-refractivity contribution in [2.75, 3.05) is 23.9 Å². The summed E-state index contributed by atoms with van der Waals surface area (Å²) in [5.74, 6) is 0.363. The minimum absolute atomic E-state index is 0.0379. The molecule has 3 aromatic rings. The number of anilines is 2. The number of nitrogens with one attached hydrogen (secondary N) is 2. The smallest absolute Gasteiger partial charge is 0.264 e. The number of H-pyrrole nitrogens is 1. The fourth-order valence-corrected chi connectivity index (χ4v) is 4.28. The van der Waals surface area contributed by atoms with Crippen LogP contribution in [0.4, 0.5) is 11.4 Å². The molecule has 5 rings (SSSR count). The molecular weight excluding hydrogens is 366 g/mol. The Morgan fingerprint density at radius 3 is 2.86 bits per heavy atom. The largest absolute Gasteiger partial charge is 0.482 e. The van der Waals surface area contributed by atoms with Gasteiger partial charge >= 0.3 is 0 Å². The van der Waals surface area contributed by atoms with Gasteiger partial charge in [0.2, 0.25) is 0 Å². The highest BCUT2D eigenvalue weighted by molar-refractivity contribution is 6.07. The molecule has 2 aliphatic rings. The molecule has 0 unspecified atom stereocenters. The van der Waals surface area contributed by atoms with Gasteiger partial charge in [-0.3, -0.25) is 9.59 Å². The van der Waals surface area contributed by atoms with E-state index in [1.807, 2.05) is 18.2 Å². The van der Waals surface area contributed by atoms with Crippen LogP contribution in [0.1, 0.15) is 40.9 Å². The molecular formula is C23H23N3O3. The van der Waals surface area contributed by atoms with Crippen molar-refractivity contribution < 1.29 is 14.3 Å². The molecule has 148 valence electrons. The van der Waals surface area contributed by atoms with Gasteiger partial charge in [-0.05, 0) is 67.6 Å². The Labute approximate surface area is 168 Å². The summed E-state index contributed by atoms with van der Waals surface area (Å²) >= 11 is 0. The minimum Gasteiger partial charge on any atom is -0.482 e. The third-order valence-corrected chi connectivity index (χ3v) is 5.91. The van der Waals surface area contributed by atoms with Crippen molar-refractivity contribution in [3.05, 3.63) is 53.2 Å². The van der Waals surface area contributed by atoms with E-state index in [2.05, 4.69) is 10.3 Å². The molecule has 1 aliphatic heterocycles. The first-order valence-corrected chi connectivity index (χ1v) is 10.1. The van der Waals surface area contributed by atoms with E-state index in [4.69, 9.17) is 4.74 Å². The SMILES string of the molecule is CN1C(=O)COc2ccc(NC(=O)c3ccc4[nH]c5c(c4c3)CCCCC5)cc21. The van der Waals surface area contributed by atoms with E-state index >= 15 is 0 Å². The predicted molar refractivity (Wildman–Crippen MR) is 113 cm³/mol. The maximum Gasteiger partial charge on any atom is 0.264 e. The van der Waals surface area contributed by atoms with Gasteiger partial charge in [0.05, 0.1) is 5.69 Å². The number of nitrogens with zero attached hydrogens (tertiary/aromatic N) is 1. The van der Waals surface area contributed by atoms with Crippen molar-refractivity contribution in [2.45, 2.75) is 32.1 Å². The number of aromatic amines is 1. The number of hydrogen-bond acceptors (Lipinski definition) is 3. The summed E-state index contributed by atoms with van der Waals surface area (Å²) in [6, 6.07) is 11.2. The highest BCUT2D eigenvalue weighted by Crippen LogP contribution is 2.34. The van der Waals surface area contributed by atoms with Gasteiger partial charge in [-0.15, -0.1) is 0 Å². The lowest BCUT2D eigenvalue weighted by atomic mass is 10.0. The molecule has 0 saturated carbocycles. The molecule has 0 bridgehead atoms. The first kappa shape index (κ1) is 17.8. The zero-order valence-electron chi connectivity index (χ0n) is 16.4. The molecule has 29 heavy (non-hydrogen) atoms. The number of aromatic nitrogens is 1. The Balaban J connectivity index is 1.43. The number of carbonyl (C=O) groups excluding carboxylic acids is 2. The molecule has 0 atom stereocenters. The van der Waals surface area contributed by atoms with Gasteiger partial charge < -0.3 is 19.9 Å². The Morgan fingerprint density at radius 2 is 1.97 bits per heavy atom. The zero-order chi connectivity index (χ0) is 20.0. The van der Waals surface area contributed by atoms with Crippen LogP contribution in [0.25, 0.3) is 10.9 Å². The van der Waals surface area contributed by atoms with Gasteiger partial charge in [0.15, 0.2) is 6.61 Å². The van der Waals surface area contributed by atoms with E-state index in [1.165, 1.54) is 30.5 Å². The van der Waals surface area contributed by atoms with Crippen LogP contribution in [-0.2, 0) is 17.6 Å². The van der Waals surface area contributed by atoms with Crippen molar-refractivity contribution in [2.24, 2.45) is 0 Å². The molecule has 2 amide bonds. The molecule has 0 fully saturated rings. The van der Waals surface area contributed by atoms with Gasteiger partial charge in [-0.1, -0.05) is 6.42 Å². The maximum absolute atomic E-state index is 12.9. The molecule has 6 heteroatoms. The van der Waals surface area contributed by atoms with Crippen LogP contribution in [0.15, 0.2) is 36.4 Å². The van der Waals surface area contributed by atoms with Crippen molar-refractivity contribution in [1.82, 2.24) is 4.98 Å². The number of rotatable bonds is 2. The van der Waals surface area contributed by atoms with Crippen LogP contribution in [0.3, 0.4) is 0 Å². The summed E-state index contributed by atoms with van der Waals surface area (Å²) < 4.78 is 5.45. The highest BCUT2D eigenvalue weighted by Gasteiger charge is 2.23. The Bertz CT molecular complexity index is 1130.